The van der Waals surface area contributed by atoms with Crippen molar-refractivity contribution in [3.05, 3.63) is 108 Å². The van der Waals surface area contributed by atoms with Crippen LogP contribution in [-0.2, 0) is 4.79 Å². The van der Waals surface area contributed by atoms with Crippen LogP contribution in [0.1, 0.15) is 22.8 Å². The Labute approximate surface area is 237 Å². The van der Waals surface area contributed by atoms with Crippen LogP contribution in [0.15, 0.2) is 102 Å². The number of benzene rings is 5. The number of rotatable bonds is 9. The van der Waals surface area contributed by atoms with E-state index in [-0.39, 0.29) is 11.3 Å². The molecule has 0 aromatic heterocycles. The van der Waals surface area contributed by atoms with Crippen LogP contribution in [0.25, 0.3) is 21.5 Å². The van der Waals surface area contributed by atoms with Crippen LogP contribution < -0.4 is 24.4 Å². The number of ether oxygens (including phenoxy) is 4. The van der Waals surface area contributed by atoms with Crippen molar-refractivity contribution >= 4 is 39.6 Å². The van der Waals surface area contributed by atoms with Crippen LogP contribution in [0.5, 0.6) is 23.0 Å². The lowest BCUT2D eigenvalue weighted by Gasteiger charge is -2.15. The summed E-state index contributed by atoms with van der Waals surface area (Å²) in [6, 6.07) is 29.4. The fraction of sp³-hybridized carbons (Fsp3) is 0.121. The molecular weight excluding hydrogens is 520 g/mol. The number of carbonyl (C=O) groups excluding carboxylic acids is 2. The maximum Gasteiger partial charge on any atom is 0.343 e. The number of fused-ring (bicyclic) bond motifs is 2. The molecule has 0 heterocycles. The predicted octanol–water partition coefficient (Wildman–Crippen LogP) is 6.15. The van der Waals surface area contributed by atoms with E-state index in [1.54, 1.807) is 31.2 Å². The molecule has 0 radical (unpaired) electrons. The molecule has 41 heavy (non-hydrogen) atoms. The monoisotopic (exact) mass is 548 g/mol. The normalized spacial score (nSPS) is 11.8. The average Bonchev–Trinajstić information content (AvgIpc) is 3.01. The third-order valence-electron chi connectivity index (χ3n) is 6.54. The summed E-state index contributed by atoms with van der Waals surface area (Å²) < 4.78 is 22.3. The van der Waals surface area contributed by atoms with Crippen LogP contribution in [0, 0.1) is 0 Å². The molecule has 0 saturated carbocycles. The largest absolute Gasteiger partial charge is 0.493 e. The van der Waals surface area contributed by atoms with Crippen LogP contribution in [0.4, 0.5) is 0 Å². The Morgan fingerprint density at radius 3 is 2.15 bits per heavy atom. The minimum Gasteiger partial charge on any atom is -0.493 e. The van der Waals surface area contributed by atoms with E-state index in [9.17, 15) is 9.59 Å². The predicted molar refractivity (Wildman–Crippen MR) is 158 cm³/mol. The summed E-state index contributed by atoms with van der Waals surface area (Å²) in [5.74, 6) is 0.770. The van der Waals surface area contributed by atoms with Crippen molar-refractivity contribution in [3.63, 3.8) is 0 Å². The number of methoxy groups -OCH3 is 2. The maximum absolute atomic E-state index is 13.1. The number of hydrogen-bond acceptors (Lipinski definition) is 7. The van der Waals surface area contributed by atoms with Gasteiger partial charge in [0.1, 0.15) is 11.5 Å². The molecule has 0 aliphatic heterocycles. The number of carbonyl (C=O) groups is 2. The molecule has 1 atom stereocenters. The smallest absolute Gasteiger partial charge is 0.343 e. The van der Waals surface area contributed by atoms with Gasteiger partial charge in [0.25, 0.3) is 5.91 Å². The van der Waals surface area contributed by atoms with E-state index in [4.69, 9.17) is 18.9 Å². The van der Waals surface area contributed by atoms with E-state index in [2.05, 4.69) is 10.5 Å². The fourth-order valence-electron chi connectivity index (χ4n) is 4.41. The van der Waals surface area contributed by atoms with Gasteiger partial charge in [-0.2, -0.15) is 5.10 Å². The summed E-state index contributed by atoms with van der Waals surface area (Å²) in [7, 11) is 3.01. The summed E-state index contributed by atoms with van der Waals surface area (Å²) in [4.78, 5) is 25.9. The summed E-state index contributed by atoms with van der Waals surface area (Å²) in [6.07, 6.45) is 0.648. The summed E-state index contributed by atoms with van der Waals surface area (Å²) in [6.45, 7) is 1.65. The highest BCUT2D eigenvalue weighted by Crippen LogP contribution is 2.30. The second kappa shape index (κ2) is 12.2. The van der Waals surface area contributed by atoms with Crippen LogP contribution in [0.3, 0.4) is 0 Å². The molecule has 0 fully saturated rings. The van der Waals surface area contributed by atoms with Crippen molar-refractivity contribution in [1.82, 2.24) is 5.43 Å². The molecule has 0 unspecified atom stereocenters. The molecule has 1 amide bonds. The zero-order chi connectivity index (χ0) is 28.8. The molecule has 0 aliphatic rings. The molecule has 5 aromatic carbocycles. The highest BCUT2D eigenvalue weighted by Gasteiger charge is 2.18. The van der Waals surface area contributed by atoms with Crippen molar-refractivity contribution < 1.29 is 28.5 Å². The van der Waals surface area contributed by atoms with Gasteiger partial charge >= 0.3 is 5.97 Å². The Morgan fingerprint density at radius 1 is 0.732 bits per heavy atom. The minimum absolute atomic E-state index is 0.279. The molecule has 1 N–H and O–H groups in total. The number of nitrogens with zero attached hydrogens (tertiary/aromatic N) is 1. The van der Waals surface area contributed by atoms with Gasteiger partial charge in [0.05, 0.1) is 26.0 Å². The highest BCUT2D eigenvalue weighted by molar-refractivity contribution is 6.04. The first kappa shape index (κ1) is 27.2. The van der Waals surface area contributed by atoms with Gasteiger partial charge in [-0.25, -0.2) is 10.2 Å². The van der Waals surface area contributed by atoms with E-state index >= 15 is 0 Å². The third kappa shape index (κ3) is 5.96. The first-order valence-electron chi connectivity index (χ1n) is 12.9. The van der Waals surface area contributed by atoms with Crippen molar-refractivity contribution in [2.75, 3.05) is 14.2 Å². The van der Waals surface area contributed by atoms with Crippen LogP contribution >= 0.6 is 0 Å². The number of amides is 1. The summed E-state index contributed by atoms with van der Waals surface area (Å²) >= 11 is 0. The molecule has 206 valence electrons. The Morgan fingerprint density at radius 2 is 1.39 bits per heavy atom. The van der Waals surface area contributed by atoms with Crippen molar-refractivity contribution in [2.24, 2.45) is 5.10 Å². The number of hydrogen-bond donors (Lipinski definition) is 1. The first-order chi connectivity index (χ1) is 20.0. The van der Waals surface area contributed by atoms with E-state index < -0.39 is 18.0 Å². The molecule has 8 nitrogen and oxygen atoms in total. The van der Waals surface area contributed by atoms with Gasteiger partial charge < -0.3 is 18.9 Å². The second-order valence-corrected chi connectivity index (χ2v) is 9.13. The van der Waals surface area contributed by atoms with E-state index in [0.29, 0.717) is 22.8 Å². The van der Waals surface area contributed by atoms with E-state index in [1.165, 1.54) is 20.4 Å². The Bertz CT molecular complexity index is 1760. The zero-order valence-corrected chi connectivity index (χ0v) is 22.8. The number of hydrazone groups is 1. The highest BCUT2D eigenvalue weighted by atomic mass is 16.5. The quantitative estimate of drug-likeness (QED) is 0.103. The third-order valence-corrected chi connectivity index (χ3v) is 6.54. The van der Waals surface area contributed by atoms with E-state index in [1.807, 2.05) is 72.8 Å². The Balaban J connectivity index is 1.35. The lowest BCUT2D eigenvalue weighted by molar-refractivity contribution is -0.127. The van der Waals surface area contributed by atoms with Gasteiger partial charge in [0, 0.05) is 10.9 Å². The fourth-order valence-corrected chi connectivity index (χ4v) is 4.41. The van der Waals surface area contributed by atoms with Crippen LogP contribution in [-0.4, -0.2) is 38.4 Å². The topological polar surface area (TPSA) is 95.5 Å². The molecule has 0 aliphatic carbocycles. The lowest BCUT2D eigenvalue weighted by Crippen LogP contribution is -2.33. The SMILES string of the molecule is COc1ccc(C(=O)Oc2ccc3ccccc3c2/C=N\NC(=O)[C@@H](C)Oc2cccc3ccccc23)cc1OC. The minimum atomic E-state index is -0.812. The molecule has 5 aromatic rings. The molecule has 0 saturated heterocycles. The molecule has 8 heteroatoms. The number of nitrogens with one attached hydrogen (secondary N) is 1. The maximum atomic E-state index is 13.1. The van der Waals surface area contributed by atoms with Crippen molar-refractivity contribution in [2.45, 2.75) is 13.0 Å². The molecular formula is C33H28N2O6. The van der Waals surface area contributed by atoms with Gasteiger partial charge in [-0.3, -0.25) is 4.79 Å². The van der Waals surface area contributed by atoms with Crippen molar-refractivity contribution in [3.8, 4) is 23.0 Å². The molecule has 0 spiro atoms. The second-order valence-electron chi connectivity index (χ2n) is 9.13. The molecule has 0 bridgehead atoms. The van der Waals surface area contributed by atoms with Crippen molar-refractivity contribution in [1.29, 1.82) is 0 Å². The Kier molecular flexibility index (Phi) is 8.10. The van der Waals surface area contributed by atoms with Crippen LogP contribution in [0.2, 0.25) is 0 Å². The van der Waals surface area contributed by atoms with Gasteiger partial charge in [-0.1, -0.05) is 66.7 Å². The standard InChI is InChI=1S/C33H28N2O6/c1-21(40-28-14-8-11-22-9-5-7-13-26(22)28)32(36)35-34-20-27-25-12-6-4-10-23(25)15-17-29(27)41-33(37)24-16-18-30(38-2)31(19-24)39-3/h4-21H,1-3H3,(H,35,36)/b34-20-/t21-/m1/s1. The van der Waals surface area contributed by atoms with Gasteiger partial charge in [0.2, 0.25) is 0 Å². The lowest BCUT2D eigenvalue weighted by atomic mass is 10.0. The van der Waals surface area contributed by atoms with Gasteiger partial charge in [-0.15, -0.1) is 0 Å². The summed E-state index contributed by atoms with van der Waals surface area (Å²) in [5, 5.41) is 7.81. The van der Waals surface area contributed by atoms with E-state index in [0.717, 1.165) is 21.5 Å². The van der Waals surface area contributed by atoms with Gasteiger partial charge in [-0.05, 0) is 53.4 Å². The average molecular weight is 549 g/mol. The van der Waals surface area contributed by atoms with Gasteiger partial charge in [0.15, 0.2) is 17.6 Å². The summed E-state index contributed by atoms with van der Waals surface area (Å²) in [5.41, 5.74) is 3.35. The number of esters is 1. The first-order valence-corrected chi connectivity index (χ1v) is 12.9. The molecule has 5 rings (SSSR count). The Hall–Kier alpha value is -5.37. The zero-order valence-electron chi connectivity index (χ0n) is 22.8.